The molecule has 1 rings (SSSR count). The number of ether oxygens (including phenoxy) is 2. The largest absolute Gasteiger partial charge is 0.383 e. The molecule has 0 unspecified atom stereocenters. The first-order valence-electron chi connectivity index (χ1n) is 6.68. The summed E-state index contributed by atoms with van der Waals surface area (Å²) >= 11 is 6.22. The molecular formula is C15H24ClNO2. The van der Waals surface area contributed by atoms with E-state index in [0.29, 0.717) is 13.2 Å². The van der Waals surface area contributed by atoms with Gasteiger partial charge in [-0.2, -0.15) is 0 Å². The second-order valence-corrected chi connectivity index (χ2v) is 5.04. The fraction of sp³-hybridized carbons (Fsp3) is 0.600. The van der Waals surface area contributed by atoms with E-state index in [1.807, 2.05) is 6.07 Å². The van der Waals surface area contributed by atoms with Crippen molar-refractivity contribution in [3.63, 3.8) is 0 Å². The lowest BCUT2D eigenvalue weighted by molar-refractivity contribution is 0.135. The number of rotatable bonds is 9. The van der Waals surface area contributed by atoms with Crippen LogP contribution in [0.5, 0.6) is 0 Å². The van der Waals surface area contributed by atoms with E-state index in [1.165, 1.54) is 11.1 Å². The van der Waals surface area contributed by atoms with Crippen molar-refractivity contribution in [1.82, 2.24) is 5.32 Å². The molecule has 0 aliphatic heterocycles. The van der Waals surface area contributed by atoms with E-state index in [0.717, 1.165) is 36.7 Å². The van der Waals surface area contributed by atoms with Crippen LogP contribution in [0, 0.1) is 13.8 Å². The Morgan fingerprint density at radius 1 is 1.05 bits per heavy atom. The lowest BCUT2D eigenvalue weighted by atomic mass is 10.0. The monoisotopic (exact) mass is 285 g/mol. The van der Waals surface area contributed by atoms with Crippen LogP contribution in [0.1, 0.15) is 16.7 Å². The average Bonchev–Trinajstić information content (AvgIpc) is 2.38. The van der Waals surface area contributed by atoms with Crippen LogP contribution >= 0.6 is 11.6 Å². The number of methoxy groups -OCH3 is 1. The Bertz CT molecular complexity index is 383. The van der Waals surface area contributed by atoms with Crippen molar-refractivity contribution in [3.05, 3.63) is 33.8 Å². The Morgan fingerprint density at radius 3 is 2.47 bits per heavy atom. The highest BCUT2D eigenvalue weighted by Crippen LogP contribution is 2.21. The van der Waals surface area contributed by atoms with Crippen molar-refractivity contribution < 1.29 is 9.47 Å². The lowest BCUT2D eigenvalue weighted by Gasteiger charge is -2.09. The first-order chi connectivity index (χ1) is 9.15. The average molecular weight is 286 g/mol. The molecule has 1 N–H and O–H groups in total. The molecule has 0 spiro atoms. The van der Waals surface area contributed by atoms with E-state index >= 15 is 0 Å². The Kier molecular flexibility index (Phi) is 8.07. The maximum absolute atomic E-state index is 6.22. The van der Waals surface area contributed by atoms with Gasteiger partial charge in [-0.3, -0.25) is 0 Å². The van der Waals surface area contributed by atoms with Gasteiger partial charge < -0.3 is 14.8 Å². The van der Waals surface area contributed by atoms with E-state index in [2.05, 4.69) is 25.2 Å². The summed E-state index contributed by atoms with van der Waals surface area (Å²) in [4.78, 5) is 0. The van der Waals surface area contributed by atoms with Crippen molar-refractivity contribution in [2.24, 2.45) is 0 Å². The van der Waals surface area contributed by atoms with Gasteiger partial charge in [-0.1, -0.05) is 17.7 Å². The van der Waals surface area contributed by atoms with Crippen LogP contribution in [0.2, 0.25) is 5.02 Å². The van der Waals surface area contributed by atoms with Crippen LogP contribution in [0.25, 0.3) is 0 Å². The Balaban J connectivity index is 2.17. The third-order valence-electron chi connectivity index (χ3n) is 3.08. The van der Waals surface area contributed by atoms with Gasteiger partial charge in [-0.15, -0.1) is 0 Å². The predicted molar refractivity (Wildman–Crippen MR) is 80.2 cm³/mol. The SMILES string of the molecule is COCCNCCOCCc1cc(C)c(C)cc1Cl. The molecule has 0 atom stereocenters. The van der Waals surface area contributed by atoms with Gasteiger partial charge >= 0.3 is 0 Å². The molecule has 0 radical (unpaired) electrons. The number of benzene rings is 1. The van der Waals surface area contributed by atoms with Gasteiger partial charge in [0.25, 0.3) is 0 Å². The van der Waals surface area contributed by atoms with E-state index in [1.54, 1.807) is 7.11 Å². The standard InChI is InChI=1S/C15H24ClNO2/c1-12-10-14(15(16)11-13(12)2)4-7-19-9-6-17-5-8-18-3/h10-11,17H,4-9H2,1-3H3. The molecule has 0 saturated heterocycles. The minimum absolute atomic E-state index is 0.703. The quantitative estimate of drug-likeness (QED) is 0.708. The lowest BCUT2D eigenvalue weighted by Crippen LogP contribution is -2.23. The third kappa shape index (κ3) is 6.39. The zero-order valence-electron chi connectivity index (χ0n) is 12.1. The zero-order chi connectivity index (χ0) is 14.1. The van der Waals surface area contributed by atoms with Crippen molar-refractivity contribution in [2.45, 2.75) is 20.3 Å². The maximum Gasteiger partial charge on any atom is 0.0591 e. The summed E-state index contributed by atoms with van der Waals surface area (Å²) in [5, 5.41) is 4.07. The fourth-order valence-electron chi connectivity index (χ4n) is 1.76. The molecule has 3 nitrogen and oxygen atoms in total. The molecule has 0 fully saturated rings. The van der Waals surface area contributed by atoms with Crippen LogP contribution in [0.3, 0.4) is 0 Å². The van der Waals surface area contributed by atoms with Crippen LogP contribution in [-0.2, 0) is 15.9 Å². The zero-order valence-corrected chi connectivity index (χ0v) is 12.8. The van der Waals surface area contributed by atoms with Crippen molar-refractivity contribution in [1.29, 1.82) is 0 Å². The third-order valence-corrected chi connectivity index (χ3v) is 3.44. The van der Waals surface area contributed by atoms with Gasteiger partial charge in [-0.25, -0.2) is 0 Å². The summed E-state index contributed by atoms with van der Waals surface area (Å²) in [5.74, 6) is 0. The predicted octanol–water partition coefficient (Wildman–Crippen LogP) is 2.75. The summed E-state index contributed by atoms with van der Waals surface area (Å²) in [6.45, 7) is 8.05. The normalized spacial score (nSPS) is 10.9. The molecule has 0 heterocycles. The molecule has 0 aromatic heterocycles. The van der Waals surface area contributed by atoms with Crippen LogP contribution in [0.4, 0.5) is 0 Å². The molecular weight excluding hydrogens is 262 g/mol. The molecule has 1 aromatic carbocycles. The topological polar surface area (TPSA) is 30.5 Å². The van der Waals surface area contributed by atoms with Gasteiger partial charge in [-0.05, 0) is 43.0 Å². The molecule has 0 aliphatic rings. The molecule has 19 heavy (non-hydrogen) atoms. The van der Waals surface area contributed by atoms with Crippen LogP contribution in [-0.4, -0.2) is 40.0 Å². The minimum Gasteiger partial charge on any atom is -0.383 e. The first-order valence-corrected chi connectivity index (χ1v) is 7.06. The molecule has 0 bridgehead atoms. The molecule has 4 heteroatoms. The molecule has 0 amide bonds. The van der Waals surface area contributed by atoms with Gasteiger partial charge in [0.1, 0.15) is 0 Å². The summed E-state index contributed by atoms with van der Waals surface area (Å²) < 4.78 is 10.5. The van der Waals surface area contributed by atoms with E-state index < -0.39 is 0 Å². The van der Waals surface area contributed by atoms with Gasteiger partial charge in [0.2, 0.25) is 0 Å². The molecule has 0 aliphatic carbocycles. The van der Waals surface area contributed by atoms with Crippen LogP contribution in [0.15, 0.2) is 12.1 Å². The van der Waals surface area contributed by atoms with Crippen LogP contribution < -0.4 is 5.32 Å². The summed E-state index contributed by atoms with van der Waals surface area (Å²) in [5.41, 5.74) is 3.68. The minimum atomic E-state index is 0.703. The number of hydrogen-bond acceptors (Lipinski definition) is 3. The number of hydrogen-bond donors (Lipinski definition) is 1. The molecule has 108 valence electrons. The van der Waals surface area contributed by atoms with Gasteiger partial charge in [0.05, 0.1) is 19.8 Å². The highest BCUT2D eigenvalue weighted by molar-refractivity contribution is 6.31. The van der Waals surface area contributed by atoms with Gasteiger partial charge in [0.15, 0.2) is 0 Å². The summed E-state index contributed by atoms with van der Waals surface area (Å²) in [7, 11) is 1.70. The fourth-order valence-corrected chi connectivity index (χ4v) is 2.07. The number of aryl methyl sites for hydroxylation is 2. The summed E-state index contributed by atoms with van der Waals surface area (Å²) in [6, 6.07) is 4.18. The Hall–Kier alpha value is -0.610. The number of nitrogens with one attached hydrogen (secondary N) is 1. The highest BCUT2D eigenvalue weighted by atomic mass is 35.5. The Labute approximate surface area is 121 Å². The van der Waals surface area contributed by atoms with Crippen molar-refractivity contribution in [2.75, 3.05) is 40.0 Å². The highest BCUT2D eigenvalue weighted by Gasteiger charge is 2.03. The van der Waals surface area contributed by atoms with E-state index in [4.69, 9.17) is 21.1 Å². The van der Waals surface area contributed by atoms with E-state index in [-0.39, 0.29) is 0 Å². The van der Waals surface area contributed by atoms with Crippen molar-refractivity contribution in [3.8, 4) is 0 Å². The number of halogens is 1. The molecule has 0 saturated carbocycles. The van der Waals surface area contributed by atoms with Crippen molar-refractivity contribution >= 4 is 11.6 Å². The van der Waals surface area contributed by atoms with E-state index in [9.17, 15) is 0 Å². The Morgan fingerprint density at radius 2 is 1.74 bits per heavy atom. The molecule has 1 aromatic rings. The second kappa shape index (κ2) is 9.32. The van der Waals surface area contributed by atoms with Gasteiger partial charge in [0, 0.05) is 25.2 Å². The maximum atomic E-state index is 6.22. The second-order valence-electron chi connectivity index (χ2n) is 4.63. The first kappa shape index (κ1) is 16.4. The smallest absolute Gasteiger partial charge is 0.0591 e. The summed E-state index contributed by atoms with van der Waals surface area (Å²) in [6.07, 6.45) is 0.859.